The molecule has 106 valence electrons. The van der Waals surface area contributed by atoms with Crippen molar-refractivity contribution in [3.05, 3.63) is 53.2 Å². The Balaban J connectivity index is 2.26. The highest BCUT2D eigenvalue weighted by Crippen LogP contribution is 2.30. The second kappa shape index (κ2) is 5.40. The summed E-state index contributed by atoms with van der Waals surface area (Å²) >= 11 is 0. The zero-order valence-corrected chi connectivity index (χ0v) is 10.7. The van der Waals surface area contributed by atoms with Crippen LogP contribution in [0.15, 0.2) is 36.4 Å². The Morgan fingerprint density at radius 1 is 1.15 bits per heavy atom. The van der Waals surface area contributed by atoms with Crippen LogP contribution in [0.5, 0.6) is 5.75 Å². The average Bonchev–Trinajstić information content (AvgIpc) is 2.38. The van der Waals surface area contributed by atoms with Gasteiger partial charge in [0.15, 0.2) is 0 Å². The van der Waals surface area contributed by atoms with Gasteiger partial charge in [0, 0.05) is 12.1 Å². The Morgan fingerprint density at radius 3 is 2.35 bits per heavy atom. The van der Waals surface area contributed by atoms with Crippen molar-refractivity contribution in [2.45, 2.75) is 12.6 Å². The van der Waals surface area contributed by atoms with Crippen LogP contribution in [0.25, 0.3) is 0 Å². The summed E-state index contributed by atoms with van der Waals surface area (Å²) < 4.78 is 43.1. The van der Waals surface area contributed by atoms with Gasteiger partial charge in [0.25, 0.3) is 0 Å². The summed E-state index contributed by atoms with van der Waals surface area (Å²) in [7, 11) is 1.55. The lowest BCUT2D eigenvalue weighted by molar-refractivity contribution is -0.137. The van der Waals surface area contributed by atoms with E-state index < -0.39 is 11.7 Å². The van der Waals surface area contributed by atoms with Crippen molar-refractivity contribution < 1.29 is 17.9 Å². The number of rotatable bonds is 3. The van der Waals surface area contributed by atoms with E-state index in [2.05, 4.69) is 4.98 Å². The van der Waals surface area contributed by atoms with Crippen molar-refractivity contribution in [1.82, 2.24) is 4.98 Å². The number of aromatic nitrogens is 1. The third-order valence-corrected chi connectivity index (χ3v) is 2.77. The van der Waals surface area contributed by atoms with Gasteiger partial charge in [-0.15, -0.1) is 0 Å². The van der Waals surface area contributed by atoms with Crippen LogP contribution in [-0.4, -0.2) is 12.1 Å². The summed E-state index contributed by atoms with van der Waals surface area (Å²) in [5, 5.41) is 0. The molecule has 0 saturated carbocycles. The first-order valence-electron chi connectivity index (χ1n) is 5.85. The van der Waals surface area contributed by atoms with Crippen molar-refractivity contribution in [1.29, 1.82) is 0 Å². The lowest BCUT2D eigenvalue weighted by Crippen LogP contribution is -2.08. The quantitative estimate of drug-likeness (QED) is 0.939. The zero-order chi connectivity index (χ0) is 14.8. The maximum absolute atomic E-state index is 12.7. The van der Waals surface area contributed by atoms with Gasteiger partial charge in [0.1, 0.15) is 11.6 Å². The topological polar surface area (TPSA) is 48.1 Å². The minimum Gasteiger partial charge on any atom is -0.497 e. The first-order valence-corrected chi connectivity index (χ1v) is 5.85. The van der Waals surface area contributed by atoms with Gasteiger partial charge < -0.3 is 10.5 Å². The van der Waals surface area contributed by atoms with Crippen molar-refractivity contribution in [2.24, 2.45) is 0 Å². The number of hydrogen-bond acceptors (Lipinski definition) is 3. The van der Waals surface area contributed by atoms with Gasteiger partial charge in [0.2, 0.25) is 0 Å². The van der Waals surface area contributed by atoms with Crippen LogP contribution in [0.4, 0.5) is 19.0 Å². The number of nitrogens with zero attached hydrogens (tertiary/aromatic N) is 1. The monoisotopic (exact) mass is 282 g/mol. The third kappa shape index (κ3) is 3.40. The SMILES string of the molecule is COc1ccc(Cc2cc(C(F)(F)F)cc(N)n2)cc1. The number of hydrogen-bond donors (Lipinski definition) is 1. The van der Waals surface area contributed by atoms with E-state index >= 15 is 0 Å². The number of anilines is 1. The van der Waals surface area contributed by atoms with Crippen LogP contribution < -0.4 is 10.5 Å². The van der Waals surface area contributed by atoms with E-state index in [1.54, 1.807) is 31.4 Å². The number of nitrogen functional groups attached to an aromatic ring is 1. The Morgan fingerprint density at radius 2 is 1.80 bits per heavy atom. The molecule has 0 saturated heterocycles. The van der Waals surface area contributed by atoms with Gasteiger partial charge in [0.05, 0.1) is 12.7 Å². The van der Waals surface area contributed by atoms with E-state index in [-0.39, 0.29) is 17.9 Å². The maximum atomic E-state index is 12.7. The molecule has 0 aliphatic rings. The highest BCUT2D eigenvalue weighted by Gasteiger charge is 2.31. The molecular weight excluding hydrogens is 269 g/mol. The molecule has 0 radical (unpaired) electrons. The van der Waals surface area contributed by atoms with Crippen molar-refractivity contribution in [2.75, 3.05) is 12.8 Å². The summed E-state index contributed by atoms with van der Waals surface area (Å²) in [6.45, 7) is 0. The molecular formula is C14H13F3N2O. The number of pyridine rings is 1. The molecule has 1 aromatic heterocycles. The van der Waals surface area contributed by atoms with Crippen molar-refractivity contribution in [3.63, 3.8) is 0 Å². The van der Waals surface area contributed by atoms with Crippen LogP contribution in [0.1, 0.15) is 16.8 Å². The van der Waals surface area contributed by atoms with E-state index in [0.29, 0.717) is 5.75 Å². The lowest BCUT2D eigenvalue weighted by Gasteiger charge is -2.10. The highest BCUT2D eigenvalue weighted by molar-refractivity contribution is 5.38. The molecule has 2 rings (SSSR count). The molecule has 20 heavy (non-hydrogen) atoms. The van der Waals surface area contributed by atoms with Crippen LogP contribution in [-0.2, 0) is 12.6 Å². The van der Waals surface area contributed by atoms with Gasteiger partial charge in [-0.2, -0.15) is 13.2 Å². The van der Waals surface area contributed by atoms with Gasteiger partial charge in [-0.25, -0.2) is 4.98 Å². The maximum Gasteiger partial charge on any atom is 0.416 e. The molecule has 2 N–H and O–H groups in total. The molecule has 0 fully saturated rings. The van der Waals surface area contributed by atoms with Gasteiger partial charge in [-0.1, -0.05) is 12.1 Å². The van der Waals surface area contributed by atoms with E-state index in [9.17, 15) is 13.2 Å². The molecule has 6 heteroatoms. The molecule has 0 aliphatic carbocycles. The molecule has 0 amide bonds. The fraction of sp³-hybridized carbons (Fsp3) is 0.214. The van der Waals surface area contributed by atoms with Gasteiger partial charge in [-0.05, 0) is 29.8 Å². The van der Waals surface area contributed by atoms with Gasteiger partial charge >= 0.3 is 6.18 Å². The minimum absolute atomic E-state index is 0.136. The summed E-state index contributed by atoms with van der Waals surface area (Å²) in [5.41, 5.74) is 5.75. The fourth-order valence-electron chi connectivity index (χ4n) is 1.82. The number of ether oxygens (including phenoxy) is 1. The second-order valence-electron chi connectivity index (χ2n) is 4.29. The summed E-state index contributed by atoms with van der Waals surface area (Å²) in [6, 6.07) is 8.88. The molecule has 0 aliphatic heterocycles. The summed E-state index contributed by atoms with van der Waals surface area (Å²) in [5.74, 6) is 0.550. The normalized spacial score (nSPS) is 11.4. The van der Waals surface area contributed by atoms with E-state index in [1.807, 2.05) is 0 Å². The Labute approximate surface area is 114 Å². The Kier molecular flexibility index (Phi) is 3.83. The van der Waals surface area contributed by atoms with Crippen LogP contribution >= 0.6 is 0 Å². The van der Waals surface area contributed by atoms with E-state index in [0.717, 1.165) is 17.7 Å². The summed E-state index contributed by atoms with van der Waals surface area (Å²) in [4.78, 5) is 3.93. The number of alkyl halides is 3. The molecule has 1 heterocycles. The molecule has 1 aromatic carbocycles. The fourth-order valence-corrected chi connectivity index (χ4v) is 1.82. The third-order valence-electron chi connectivity index (χ3n) is 2.77. The first-order chi connectivity index (χ1) is 9.38. The number of halogens is 3. The minimum atomic E-state index is -4.42. The predicted octanol–water partition coefficient (Wildman–Crippen LogP) is 3.28. The van der Waals surface area contributed by atoms with E-state index in [1.165, 1.54) is 0 Å². The smallest absolute Gasteiger partial charge is 0.416 e. The van der Waals surface area contributed by atoms with E-state index in [4.69, 9.17) is 10.5 Å². The van der Waals surface area contributed by atoms with Crippen molar-refractivity contribution >= 4 is 5.82 Å². The number of methoxy groups -OCH3 is 1. The molecule has 3 nitrogen and oxygen atoms in total. The largest absolute Gasteiger partial charge is 0.497 e. The Hall–Kier alpha value is -2.24. The average molecular weight is 282 g/mol. The molecule has 0 atom stereocenters. The number of benzene rings is 1. The first kappa shape index (κ1) is 14.2. The van der Waals surface area contributed by atoms with Crippen LogP contribution in [0.3, 0.4) is 0 Å². The molecule has 0 spiro atoms. The molecule has 0 bridgehead atoms. The van der Waals surface area contributed by atoms with Crippen LogP contribution in [0, 0.1) is 0 Å². The predicted molar refractivity (Wildman–Crippen MR) is 69.5 cm³/mol. The highest BCUT2D eigenvalue weighted by atomic mass is 19.4. The number of nitrogens with two attached hydrogens (primary N) is 1. The standard InChI is InChI=1S/C14H13F3N2O/c1-20-12-4-2-9(3-5-12)6-11-7-10(14(15,16)17)8-13(18)19-11/h2-5,7-8H,6H2,1H3,(H2,18,19). The van der Waals surface area contributed by atoms with Crippen LogP contribution in [0.2, 0.25) is 0 Å². The molecule has 2 aromatic rings. The molecule has 0 unspecified atom stereocenters. The summed E-state index contributed by atoms with van der Waals surface area (Å²) in [6.07, 6.45) is -4.15. The Bertz CT molecular complexity index is 594. The second-order valence-corrected chi connectivity index (χ2v) is 4.29. The lowest BCUT2D eigenvalue weighted by atomic mass is 10.1. The zero-order valence-electron chi connectivity index (χ0n) is 10.7. The van der Waals surface area contributed by atoms with Gasteiger partial charge in [-0.3, -0.25) is 0 Å². The van der Waals surface area contributed by atoms with Crippen molar-refractivity contribution in [3.8, 4) is 5.75 Å².